The van der Waals surface area contributed by atoms with Gasteiger partial charge in [0.25, 0.3) is 5.91 Å². The van der Waals surface area contributed by atoms with Crippen LogP contribution in [0.4, 0.5) is 11.4 Å². The van der Waals surface area contributed by atoms with Gasteiger partial charge in [-0.1, -0.05) is 43.3 Å². The molecule has 0 fully saturated rings. The molecule has 3 rings (SSSR count). The summed E-state index contributed by atoms with van der Waals surface area (Å²) in [6.45, 7) is 3.33. The number of carbonyl (C=O) groups excluding carboxylic acids is 1. The van der Waals surface area contributed by atoms with Crippen LogP contribution in [0.5, 0.6) is 0 Å². The summed E-state index contributed by atoms with van der Waals surface area (Å²) >= 11 is 0. The van der Waals surface area contributed by atoms with Gasteiger partial charge in [0.05, 0.1) is 4.86 Å². The van der Waals surface area contributed by atoms with E-state index >= 15 is 0 Å². The molecule has 2 aromatic rings. The fourth-order valence-electron chi connectivity index (χ4n) is 3.24. The highest BCUT2D eigenvalue weighted by atomic mass is 32.2. The molecule has 28 heavy (non-hydrogen) atoms. The van der Waals surface area contributed by atoms with Crippen LogP contribution in [0.2, 0.25) is 0 Å². The van der Waals surface area contributed by atoms with Gasteiger partial charge in [0.2, 0.25) is 10.3 Å². The zero-order valence-corrected chi connectivity index (χ0v) is 16.3. The lowest BCUT2D eigenvalue weighted by atomic mass is 9.88. The van der Waals surface area contributed by atoms with E-state index < -0.39 is 22.1 Å². The molecule has 2 N–H and O–H groups in total. The first kappa shape index (κ1) is 19.6. The number of allylic oxidation sites excluding steroid dienone is 2. The molecule has 0 aliphatic heterocycles. The van der Waals surface area contributed by atoms with Crippen LogP contribution in [-0.4, -0.2) is 24.4 Å². The van der Waals surface area contributed by atoms with Gasteiger partial charge in [-0.05, 0) is 42.8 Å². The molecule has 0 radical (unpaired) electrons. The van der Waals surface area contributed by atoms with E-state index in [2.05, 4.69) is 5.48 Å². The minimum absolute atomic E-state index is 0.0339. The SMILES string of the molecule is CC1=C(NO)C(C)C(=S(=O)=O)C=C1C(=O)N(c1ccccc1)c1ccccc1. The average Bonchev–Trinajstić information content (AvgIpc) is 2.70. The first-order valence-corrected chi connectivity index (χ1v) is 9.76. The fraction of sp³-hybridized carbons (Fsp3) is 0.143. The molecule has 7 heteroatoms. The molecule has 1 aliphatic carbocycles. The summed E-state index contributed by atoms with van der Waals surface area (Å²) in [5.74, 6) is -0.973. The summed E-state index contributed by atoms with van der Waals surface area (Å²) in [5.41, 5.74) is 4.33. The van der Waals surface area contributed by atoms with Crippen molar-refractivity contribution in [2.24, 2.45) is 5.92 Å². The lowest BCUT2D eigenvalue weighted by molar-refractivity contribution is -0.114. The Hall–Kier alpha value is -3.16. The Bertz CT molecular complexity index is 1040. The lowest BCUT2D eigenvalue weighted by Gasteiger charge is -2.28. The summed E-state index contributed by atoms with van der Waals surface area (Å²) in [6.07, 6.45) is 1.38. The van der Waals surface area contributed by atoms with Gasteiger partial charge in [0.1, 0.15) is 0 Å². The molecule has 0 aromatic heterocycles. The van der Waals surface area contributed by atoms with Crippen molar-refractivity contribution in [2.45, 2.75) is 13.8 Å². The molecule has 6 nitrogen and oxygen atoms in total. The van der Waals surface area contributed by atoms with Crippen molar-refractivity contribution in [3.8, 4) is 0 Å². The topological polar surface area (TPSA) is 86.7 Å². The number of amides is 1. The minimum Gasteiger partial charge on any atom is -0.291 e. The molecule has 0 saturated heterocycles. The highest BCUT2D eigenvalue weighted by Gasteiger charge is 2.31. The second kappa shape index (κ2) is 8.24. The van der Waals surface area contributed by atoms with E-state index in [-0.39, 0.29) is 16.1 Å². The van der Waals surface area contributed by atoms with Crippen LogP contribution in [0, 0.1) is 5.92 Å². The van der Waals surface area contributed by atoms with E-state index in [4.69, 9.17) is 0 Å². The predicted octanol–water partition coefficient (Wildman–Crippen LogP) is 3.23. The monoisotopic (exact) mass is 396 g/mol. The van der Waals surface area contributed by atoms with Gasteiger partial charge in [-0.15, -0.1) is 0 Å². The normalized spacial score (nSPS) is 16.5. The second-order valence-corrected chi connectivity index (χ2v) is 7.32. The standard InChI is InChI=1S/C21H20N2O4S/c1-14-18(13-19(28(26)27)15(2)20(14)22-25)21(24)23(16-9-5-3-6-10-16)17-11-7-4-8-12-17/h3-13,15,22,25H,1-2H3. The van der Waals surface area contributed by atoms with E-state index in [0.29, 0.717) is 16.9 Å². The van der Waals surface area contributed by atoms with Gasteiger partial charge in [0, 0.05) is 28.6 Å². The van der Waals surface area contributed by atoms with E-state index in [1.807, 2.05) is 36.4 Å². The van der Waals surface area contributed by atoms with Gasteiger partial charge in [-0.2, -0.15) is 8.42 Å². The summed E-state index contributed by atoms with van der Waals surface area (Å²) < 4.78 is 23.3. The number of para-hydroxylation sites is 2. The van der Waals surface area contributed by atoms with Gasteiger partial charge < -0.3 is 0 Å². The number of nitrogens with one attached hydrogen (secondary N) is 1. The number of anilines is 2. The highest BCUT2D eigenvalue weighted by molar-refractivity contribution is 7.73. The van der Waals surface area contributed by atoms with Gasteiger partial charge in [-0.25, -0.2) is 0 Å². The largest absolute Gasteiger partial charge is 0.291 e. The van der Waals surface area contributed by atoms with Gasteiger partial charge >= 0.3 is 0 Å². The van der Waals surface area contributed by atoms with Crippen molar-refractivity contribution in [3.05, 3.63) is 83.6 Å². The summed E-state index contributed by atoms with van der Waals surface area (Å²) in [6, 6.07) is 18.2. The van der Waals surface area contributed by atoms with Crippen molar-refractivity contribution in [2.75, 3.05) is 4.90 Å². The third-order valence-electron chi connectivity index (χ3n) is 4.73. The van der Waals surface area contributed by atoms with Crippen LogP contribution in [-0.2, 0) is 15.1 Å². The zero-order chi connectivity index (χ0) is 20.3. The molecule has 0 heterocycles. The van der Waals surface area contributed by atoms with Crippen molar-refractivity contribution < 1.29 is 18.4 Å². The van der Waals surface area contributed by atoms with Crippen LogP contribution in [0.3, 0.4) is 0 Å². The van der Waals surface area contributed by atoms with E-state index in [9.17, 15) is 18.4 Å². The summed E-state index contributed by atoms with van der Waals surface area (Å²) in [4.78, 5) is 15.1. The molecule has 1 unspecified atom stereocenters. The summed E-state index contributed by atoms with van der Waals surface area (Å²) in [7, 11) is -2.52. The van der Waals surface area contributed by atoms with Crippen molar-refractivity contribution in [3.63, 3.8) is 0 Å². The zero-order valence-electron chi connectivity index (χ0n) is 15.5. The minimum atomic E-state index is -2.52. The number of benzene rings is 2. The maximum atomic E-state index is 13.5. The fourth-order valence-corrected chi connectivity index (χ4v) is 3.86. The number of hydrogen-bond donors (Lipinski definition) is 2. The van der Waals surface area contributed by atoms with E-state index in [0.717, 1.165) is 0 Å². The van der Waals surface area contributed by atoms with Crippen molar-refractivity contribution >= 4 is 32.4 Å². The maximum absolute atomic E-state index is 13.5. The lowest BCUT2D eigenvalue weighted by Crippen LogP contribution is -2.33. The Morgan fingerprint density at radius 2 is 1.50 bits per heavy atom. The number of carbonyl (C=O) groups is 1. The first-order valence-electron chi connectivity index (χ1n) is 8.69. The van der Waals surface area contributed by atoms with Gasteiger partial charge in [-0.3, -0.25) is 20.4 Å². The molecule has 1 aliphatic rings. The first-order chi connectivity index (χ1) is 13.5. The van der Waals surface area contributed by atoms with Crippen LogP contribution in [0.1, 0.15) is 13.8 Å². The van der Waals surface area contributed by atoms with E-state index in [1.54, 1.807) is 38.1 Å². The van der Waals surface area contributed by atoms with Crippen LogP contribution in [0.25, 0.3) is 0 Å². The van der Waals surface area contributed by atoms with Crippen LogP contribution >= 0.6 is 0 Å². The maximum Gasteiger partial charge on any atom is 0.263 e. The molecule has 0 spiro atoms. The van der Waals surface area contributed by atoms with Crippen molar-refractivity contribution in [1.29, 1.82) is 0 Å². The van der Waals surface area contributed by atoms with Gasteiger partial charge in [0.15, 0.2) is 0 Å². The molecule has 2 aromatic carbocycles. The molecule has 0 saturated carbocycles. The average molecular weight is 396 g/mol. The Morgan fingerprint density at radius 3 is 1.93 bits per heavy atom. The smallest absolute Gasteiger partial charge is 0.263 e. The third kappa shape index (κ3) is 3.62. The van der Waals surface area contributed by atoms with Crippen LogP contribution in [0.15, 0.2) is 83.6 Å². The number of rotatable bonds is 4. The quantitative estimate of drug-likeness (QED) is 0.612. The number of hydrogen-bond acceptors (Lipinski definition) is 5. The molecule has 1 atom stereocenters. The third-order valence-corrected chi connectivity index (χ3v) is 5.59. The molecule has 0 bridgehead atoms. The Balaban J connectivity index is 2.19. The number of hydroxylamine groups is 1. The predicted molar refractivity (Wildman–Crippen MR) is 109 cm³/mol. The molecule has 144 valence electrons. The van der Waals surface area contributed by atoms with Crippen LogP contribution < -0.4 is 10.4 Å². The Kier molecular flexibility index (Phi) is 5.77. The Labute approximate surface area is 164 Å². The highest BCUT2D eigenvalue weighted by Crippen LogP contribution is 2.32. The molecule has 1 amide bonds. The van der Waals surface area contributed by atoms with Crippen molar-refractivity contribution in [1.82, 2.24) is 5.48 Å². The molecular weight excluding hydrogens is 376 g/mol. The Morgan fingerprint density at radius 1 is 1.00 bits per heavy atom. The van der Waals surface area contributed by atoms with E-state index in [1.165, 1.54) is 11.0 Å². The second-order valence-electron chi connectivity index (χ2n) is 6.38. The molecular formula is C21H20N2O4S. The summed E-state index contributed by atoms with van der Waals surface area (Å²) in [5, 5.41) is 9.53. The number of nitrogens with zero attached hydrogens (tertiary/aromatic N) is 1.